The van der Waals surface area contributed by atoms with Crippen LogP contribution in [0, 0.1) is 13.8 Å². The number of nitrogens with one attached hydrogen (secondary N) is 4. The summed E-state index contributed by atoms with van der Waals surface area (Å²) in [6.45, 7) is 3.95. The van der Waals surface area contributed by atoms with Crippen LogP contribution in [0.1, 0.15) is 22.3 Å². The summed E-state index contributed by atoms with van der Waals surface area (Å²) in [5.41, 5.74) is 8.27. The number of hydrogen-bond acceptors (Lipinski definition) is 6. The van der Waals surface area contributed by atoms with Crippen molar-refractivity contribution in [3.05, 3.63) is 92.9 Å². The Morgan fingerprint density at radius 2 is 1.69 bits per heavy atom. The maximum atomic E-state index is 13.4. The number of imidazole rings is 1. The van der Waals surface area contributed by atoms with Crippen molar-refractivity contribution in [3.8, 4) is 5.75 Å². The van der Waals surface area contributed by atoms with E-state index in [-0.39, 0.29) is 17.0 Å². The second-order valence-corrected chi connectivity index (χ2v) is 8.48. The van der Waals surface area contributed by atoms with Crippen molar-refractivity contribution in [3.63, 3.8) is 0 Å². The lowest BCUT2D eigenvalue weighted by Crippen LogP contribution is -2.30. The molecule has 3 aromatic carbocycles. The normalized spacial score (nSPS) is 13.9. The molecule has 36 heavy (non-hydrogen) atoms. The molecular weight excluding hydrogens is 458 g/mol. The summed E-state index contributed by atoms with van der Waals surface area (Å²) < 4.78 is 5.46. The molecule has 0 bridgehead atoms. The molecule has 0 radical (unpaired) electrons. The van der Waals surface area contributed by atoms with E-state index in [1.54, 1.807) is 37.5 Å². The minimum absolute atomic E-state index is 0.0519. The molecule has 180 valence electrons. The van der Waals surface area contributed by atoms with E-state index in [1.807, 2.05) is 44.2 Å². The number of Topliss-reactive ketones (excluding diaryl/α,β-unsaturated/α-hetero) is 1. The number of hydrogen-bond donors (Lipinski definition) is 4. The van der Waals surface area contributed by atoms with Crippen molar-refractivity contribution < 1.29 is 14.3 Å². The van der Waals surface area contributed by atoms with Crippen LogP contribution in [0.2, 0.25) is 0 Å². The van der Waals surface area contributed by atoms with Gasteiger partial charge in [0.05, 0.1) is 29.4 Å². The first kappa shape index (κ1) is 22.9. The maximum Gasteiger partial charge on any atom is 0.323 e. The van der Waals surface area contributed by atoms with Crippen LogP contribution in [0.15, 0.2) is 70.1 Å². The van der Waals surface area contributed by atoms with Crippen molar-refractivity contribution in [1.29, 1.82) is 0 Å². The van der Waals surface area contributed by atoms with Gasteiger partial charge >= 0.3 is 5.69 Å². The summed E-state index contributed by atoms with van der Waals surface area (Å²) in [7, 11) is 1.56. The molecule has 0 atom stereocenters. The summed E-state index contributed by atoms with van der Waals surface area (Å²) in [5, 5.41) is 7.15. The third-order valence-electron chi connectivity index (χ3n) is 6.10. The Kier molecular flexibility index (Phi) is 5.73. The molecule has 1 aliphatic rings. The van der Waals surface area contributed by atoms with Gasteiger partial charge in [0, 0.05) is 11.3 Å². The second-order valence-electron chi connectivity index (χ2n) is 8.48. The Morgan fingerprint density at radius 1 is 0.944 bits per heavy atom. The van der Waals surface area contributed by atoms with E-state index < -0.39 is 11.7 Å². The molecule has 4 N–H and O–H groups in total. The standard InChI is InChI=1S/C27H23N5O4/c1-14-10-22(23(36-3)11-15(14)2)31-32-24-18-7-5-4-6-16(18)12-19(25(24)33)26(34)28-17-8-9-20-21(13-17)30-27(35)29-20/h4-13,31H,1-3H3,(H,28,34)(H2,29,30,35)/b32-24-. The number of fused-ring (bicyclic) bond motifs is 2. The number of anilines is 2. The lowest BCUT2D eigenvalue weighted by Gasteiger charge is -2.18. The lowest BCUT2D eigenvalue weighted by atomic mass is 9.89. The average molecular weight is 482 g/mol. The van der Waals surface area contributed by atoms with E-state index in [9.17, 15) is 14.4 Å². The fraction of sp³-hybridized carbons (Fsp3) is 0.111. The smallest absolute Gasteiger partial charge is 0.323 e. The number of carbonyl (C=O) groups is 2. The van der Waals surface area contributed by atoms with E-state index in [0.717, 1.165) is 11.1 Å². The van der Waals surface area contributed by atoms with E-state index in [4.69, 9.17) is 4.74 Å². The number of rotatable bonds is 5. The number of ketones is 1. The van der Waals surface area contributed by atoms with Crippen molar-refractivity contribution in [2.75, 3.05) is 17.9 Å². The van der Waals surface area contributed by atoms with Crippen LogP contribution in [0.5, 0.6) is 5.75 Å². The van der Waals surface area contributed by atoms with Crippen molar-refractivity contribution in [2.24, 2.45) is 5.10 Å². The Labute approximate surface area is 205 Å². The van der Waals surface area contributed by atoms with E-state index in [0.29, 0.717) is 39.3 Å². The maximum absolute atomic E-state index is 13.4. The molecule has 0 saturated carbocycles. The Morgan fingerprint density at radius 3 is 2.50 bits per heavy atom. The number of carbonyl (C=O) groups excluding carboxylic acids is 2. The van der Waals surface area contributed by atoms with Crippen LogP contribution in [0.4, 0.5) is 11.4 Å². The molecule has 0 fully saturated rings. The van der Waals surface area contributed by atoms with Gasteiger partial charge in [-0.1, -0.05) is 24.3 Å². The molecule has 1 amide bonds. The quantitative estimate of drug-likeness (QED) is 0.254. The molecule has 0 aliphatic heterocycles. The summed E-state index contributed by atoms with van der Waals surface area (Å²) in [4.78, 5) is 43.4. The van der Waals surface area contributed by atoms with Gasteiger partial charge in [-0.25, -0.2) is 4.79 Å². The number of aromatic nitrogens is 2. The zero-order chi connectivity index (χ0) is 25.4. The first-order valence-corrected chi connectivity index (χ1v) is 11.2. The molecule has 1 aromatic heterocycles. The van der Waals surface area contributed by atoms with Gasteiger partial charge in [0.25, 0.3) is 5.91 Å². The molecule has 1 heterocycles. The van der Waals surface area contributed by atoms with E-state index >= 15 is 0 Å². The van der Waals surface area contributed by atoms with Crippen LogP contribution in [-0.2, 0) is 9.59 Å². The third kappa shape index (κ3) is 4.18. The Balaban J connectivity index is 1.48. The highest BCUT2D eigenvalue weighted by molar-refractivity contribution is 6.59. The van der Waals surface area contributed by atoms with Gasteiger partial charge in [-0.3, -0.25) is 15.0 Å². The minimum atomic E-state index is -0.580. The number of methoxy groups -OCH3 is 1. The largest absolute Gasteiger partial charge is 0.495 e. The van der Waals surface area contributed by atoms with E-state index in [2.05, 4.69) is 25.8 Å². The SMILES string of the molecule is COc1cc(C)c(C)cc1N/N=C1\C(=O)C(C(=O)Nc2ccc3[nH]c(=O)[nH]c3c2)=Cc2ccccc21. The molecule has 0 saturated heterocycles. The second kappa shape index (κ2) is 9.03. The minimum Gasteiger partial charge on any atom is -0.495 e. The zero-order valence-corrected chi connectivity index (χ0v) is 19.9. The third-order valence-corrected chi connectivity index (χ3v) is 6.10. The fourth-order valence-corrected chi connectivity index (χ4v) is 4.06. The molecule has 9 nitrogen and oxygen atoms in total. The summed E-state index contributed by atoms with van der Waals surface area (Å²) in [6, 6.07) is 16.0. The van der Waals surface area contributed by atoms with Crippen LogP contribution in [0.3, 0.4) is 0 Å². The van der Waals surface area contributed by atoms with Crippen molar-refractivity contribution in [2.45, 2.75) is 13.8 Å². The molecule has 4 aromatic rings. The number of H-pyrrole nitrogens is 2. The molecule has 0 unspecified atom stereocenters. The zero-order valence-electron chi connectivity index (χ0n) is 19.9. The van der Waals surface area contributed by atoms with Gasteiger partial charge < -0.3 is 20.0 Å². The summed E-state index contributed by atoms with van der Waals surface area (Å²) in [5.74, 6) is -0.508. The lowest BCUT2D eigenvalue weighted by molar-refractivity contribution is -0.116. The van der Waals surface area contributed by atoms with Gasteiger partial charge in [-0.05, 0) is 66.9 Å². The van der Waals surface area contributed by atoms with E-state index in [1.165, 1.54) is 0 Å². The number of nitrogens with zero attached hydrogens (tertiary/aromatic N) is 1. The molecule has 0 spiro atoms. The summed E-state index contributed by atoms with van der Waals surface area (Å²) >= 11 is 0. The highest BCUT2D eigenvalue weighted by atomic mass is 16.5. The number of aromatic amines is 2. The Hall–Kier alpha value is -4.92. The predicted octanol–water partition coefficient (Wildman–Crippen LogP) is 3.90. The van der Waals surface area contributed by atoms with Crippen LogP contribution < -0.4 is 21.2 Å². The number of benzene rings is 3. The van der Waals surface area contributed by atoms with Crippen molar-refractivity contribution >= 4 is 45.9 Å². The van der Waals surface area contributed by atoms with Gasteiger partial charge in [0.15, 0.2) is 0 Å². The van der Waals surface area contributed by atoms with Gasteiger partial charge in [-0.15, -0.1) is 0 Å². The number of hydrazone groups is 1. The highest BCUT2D eigenvalue weighted by Crippen LogP contribution is 2.29. The van der Waals surface area contributed by atoms with Crippen LogP contribution >= 0.6 is 0 Å². The number of ether oxygens (including phenoxy) is 1. The van der Waals surface area contributed by atoms with Gasteiger partial charge in [-0.2, -0.15) is 5.10 Å². The first-order valence-electron chi connectivity index (χ1n) is 11.2. The monoisotopic (exact) mass is 481 g/mol. The number of amides is 1. The molecule has 5 rings (SSSR count). The average Bonchev–Trinajstić information content (AvgIpc) is 3.24. The van der Waals surface area contributed by atoms with Crippen molar-refractivity contribution in [1.82, 2.24) is 9.97 Å². The molecule has 9 heteroatoms. The molecular formula is C27H23N5O4. The summed E-state index contributed by atoms with van der Waals surface area (Å²) in [6.07, 6.45) is 1.55. The Bertz CT molecular complexity index is 1660. The van der Waals surface area contributed by atoms with Crippen LogP contribution in [0.25, 0.3) is 17.1 Å². The van der Waals surface area contributed by atoms with Crippen LogP contribution in [-0.4, -0.2) is 34.5 Å². The van der Waals surface area contributed by atoms with Gasteiger partial charge in [0.2, 0.25) is 5.78 Å². The topological polar surface area (TPSA) is 128 Å². The predicted molar refractivity (Wildman–Crippen MR) is 140 cm³/mol. The van der Waals surface area contributed by atoms with Gasteiger partial charge in [0.1, 0.15) is 11.5 Å². The fourth-order valence-electron chi connectivity index (χ4n) is 4.06. The number of aryl methyl sites for hydroxylation is 2. The molecule has 1 aliphatic carbocycles. The first-order chi connectivity index (χ1) is 17.3. The highest BCUT2D eigenvalue weighted by Gasteiger charge is 2.30.